The zero-order valence-electron chi connectivity index (χ0n) is 15.8. The van der Waals surface area contributed by atoms with Crippen LogP contribution in [0.4, 0.5) is 4.39 Å². The van der Waals surface area contributed by atoms with Crippen molar-refractivity contribution in [3.8, 4) is 0 Å². The summed E-state index contributed by atoms with van der Waals surface area (Å²) in [6, 6.07) is 11.9. The minimum Gasteiger partial charge on any atom is -0.343 e. The maximum atomic E-state index is 13.9. The van der Waals surface area contributed by atoms with Gasteiger partial charge in [-0.3, -0.25) is 14.5 Å². The van der Waals surface area contributed by atoms with Crippen molar-refractivity contribution < 1.29 is 14.0 Å². The molecule has 1 N–H and O–H groups in total. The zero-order chi connectivity index (χ0) is 20.1. The lowest BCUT2D eigenvalue weighted by Crippen LogP contribution is -2.50. The van der Waals surface area contributed by atoms with Crippen molar-refractivity contribution in [3.05, 3.63) is 70.0 Å². The Morgan fingerprint density at radius 3 is 2.39 bits per heavy atom. The van der Waals surface area contributed by atoms with Crippen LogP contribution in [0.5, 0.6) is 0 Å². The van der Waals surface area contributed by atoms with Gasteiger partial charge in [0.15, 0.2) is 0 Å². The standard InChI is InChI=1S/C21H23ClFN3O2/c1-15-5-7-16(8-6-15)21(28)24-13-20(27)26-11-9-25(10-12-26)14-17-18(22)3-2-4-19(17)23/h2-8H,9-14H2,1H3,(H,24,28). The molecule has 148 valence electrons. The van der Waals surface area contributed by atoms with Crippen LogP contribution in [0.1, 0.15) is 21.5 Å². The van der Waals surface area contributed by atoms with Crippen molar-refractivity contribution in [2.75, 3.05) is 32.7 Å². The SMILES string of the molecule is Cc1ccc(C(=O)NCC(=O)N2CCN(Cc3c(F)cccc3Cl)CC2)cc1. The molecular weight excluding hydrogens is 381 g/mol. The van der Waals surface area contributed by atoms with Gasteiger partial charge in [0.05, 0.1) is 6.54 Å². The van der Waals surface area contributed by atoms with E-state index in [1.54, 1.807) is 29.2 Å². The minimum absolute atomic E-state index is 0.0359. The molecule has 28 heavy (non-hydrogen) atoms. The number of benzene rings is 2. The molecular formula is C21H23ClFN3O2. The van der Waals surface area contributed by atoms with Crippen LogP contribution < -0.4 is 5.32 Å². The highest BCUT2D eigenvalue weighted by molar-refractivity contribution is 6.31. The van der Waals surface area contributed by atoms with E-state index in [4.69, 9.17) is 11.6 Å². The molecule has 2 aromatic carbocycles. The first-order chi connectivity index (χ1) is 13.4. The minimum atomic E-state index is -0.315. The molecule has 5 nitrogen and oxygen atoms in total. The lowest BCUT2D eigenvalue weighted by molar-refractivity contribution is -0.131. The maximum Gasteiger partial charge on any atom is 0.251 e. The number of amides is 2. The second-order valence-electron chi connectivity index (χ2n) is 6.91. The van der Waals surface area contributed by atoms with Gasteiger partial charge in [-0.15, -0.1) is 0 Å². The third-order valence-corrected chi connectivity index (χ3v) is 5.24. The molecule has 7 heteroatoms. The van der Waals surface area contributed by atoms with Crippen molar-refractivity contribution in [1.29, 1.82) is 0 Å². The van der Waals surface area contributed by atoms with Crippen molar-refractivity contribution in [2.45, 2.75) is 13.5 Å². The number of hydrogen-bond donors (Lipinski definition) is 1. The summed E-state index contributed by atoms with van der Waals surface area (Å²) < 4.78 is 13.9. The molecule has 0 saturated carbocycles. The molecule has 2 aromatic rings. The fourth-order valence-electron chi connectivity index (χ4n) is 3.14. The van der Waals surface area contributed by atoms with Crippen LogP contribution in [0.3, 0.4) is 0 Å². The Kier molecular flexibility index (Phi) is 6.65. The average Bonchev–Trinajstić information content (AvgIpc) is 2.70. The summed E-state index contributed by atoms with van der Waals surface area (Å²) in [5.74, 6) is -0.699. The number of piperazine rings is 1. The number of carbonyl (C=O) groups excluding carboxylic acids is 2. The van der Waals surface area contributed by atoms with E-state index in [1.165, 1.54) is 6.07 Å². The van der Waals surface area contributed by atoms with Crippen LogP contribution in [0.2, 0.25) is 5.02 Å². The number of nitrogens with zero attached hydrogens (tertiary/aromatic N) is 2. The molecule has 1 aliphatic heterocycles. The third-order valence-electron chi connectivity index (χ3n) is 4.88. The summed E-state index contributed by atoms with van der Waals surface area (Å²) in [6.07, 6.45) is 0. The van der Waals surface area contributed by atoms with Gasteiger partial charge >= 0.3 is 0 Å². The van der Waals surface area contributed by atoms with Gasteiger partial charge in [-0.25, -0.2) is 4.39 Å². The number of hydrogen-bond acceptors (Lipinski definition) is 3. The normalized spacial score (nSPS) is 14.8. The first-order valence-corrected chi connectivity index (χ1v) is 9.59. The van der Waals surface area contributed by atoms with Crippen LogP contribution >= 0.6 is 11.6 Å². The molecule has 1 saturated heterocycles. The topological polar surface area (TPSA) is 52.7 Å². The quantitative estimate of drug-likeness (QED) is 0.835. The number of halogens is 2. The van der Waals surface area contributed by atoms with Gasteiger partial charge in [0.2, 0.25) is 5.91 Å². The molecule has 0 atom stereocenters. The molecule has 0 aromatic heterocycles. The molecule has 1 fully saturated rings. The second kappa shape index (κ2) is 9.17. The highest BCUT2D eigenvalue weighted by atomic mass is 35.5. The Hall–Kier alpha value is -2.44. The van der Waals surface area contributed by atoms with Crippen LogP contribution in [0.25, 0.3) is 0 Å². The van der Waals surface area contributed by atoms with E-state index < -0.39 is 0 Å². The summed E-state index contributed by atoms with van der Waals surface area (Å²) in [5.41, 5.74) is 2.08. The third kappa shape index (κ3) is 5.09. The molecule has 0 aliphatic carbocycles. The fraction of sp³-hybridized carbons (Fsp3) is 0.333. The van der Waals surface area contributed by atoms with Gasteiger partial charge in [0.1, 0.15) is 5.82 Å². The Bertz CT molecular complexity index is 829. The summed E-state index contributed by atoms with van der Waals surface area (Å²) >= 11 is 6.09. The second-order valence-corrected chi connectivity index (χ2v) is 7.31. The Balaban J connectivity index is 1.46. The van der Waals surface area contributed by atoms with E-state index >= 15 is 0 Å². The number of carbonyl (C=O) groups is 2. The number of aryl methyl sites for hydroxylation is 1. The Morgan fingerprint density at radius 1 is 1.07 bits per heavy atom. The van der Waals surface area contributed by atoms with Crippen molar-refractivity contribution in [1.82, 2.24) is 15.1 Å². The van der Waals surface area contributed by atoms with Crippen molar-refractivity contribution in [2.24, 2.45) is 0 Å². The fourth-order valence-corrected chi connectivity index (χ4v) is 3.36. The Morgan fingerprint density at radius 2 is 1.75 bits per heavy atom. The summed E-state index contributed by atoms with van der Waals surface area (Å²) in [6.45, 7) is 4.65. The van der Waals surface area contributed by atoms with Crippen LogP contribution in [0.15, 0.2) is 42.5 Å². The molecule has 0 spiro atoms. The summed E-state index contributed by atoms with van der Waals surface area (Å²) in [7, 11) is 0. The number of nitrogens with one attached hydrogen (secondary N) is 1. The van der Waals surface area contributed by atoms with Gasteiger partial charge in [-0.2, -0.15) is 0 Å². The van der Waals surface area contributed by atoms with E-state index in [0.29, 0.717) is 48.9 Å². The van der Waals surface area contributed by atoms with Crippen LogP contribution in [-0.4, -0.2) is 54.3 Å². The highest BCUT2D eigenvalue weighted by Crippen LogP contribution is 2.21. The molecule has 2 amide bonds. The van der Waals surface area contributed by atoms with Gasteiger partial charge < -0.3 is 10.2 Å². The maximum absolute atomic E-state index is 13.9. The Labute approximate surface area is 169 Å². The van der Waals surface area contributed by atoms with Crippen molar-refractivity contribution in [3.63, 3.8) is 0 Å². The molecule has 0 unspecified atom stereocenters. The molecule has 3 rings (SSSR count). The van der Waals surface area contributed by atoms with E-state index in [9.17, 15) is 14.0 Å². The lowest BCUT2D eigenvalue weighted by atomic mass is 10.1. The predicted octanol–water partition coefficient (Wildman–Crippen LogP) is 2.86. The molecule has 1 heterocycles. The van der Waals surface area contributed by atoms with Crippen LogP contribution in [-0.2, 0) is 11.3 Å². The van der Waals surface area contributed by atoms with Gasteiger partial charge in [0, 0.05) is 48.9 Å². The first kappa shape index (κ1) is 20.3. The molecule has 1 aliphatic rings. The smallest absolute Gasteiger partial charge is 0.251 e. The highest BCUT2D eigenvalue weighted by Gasteiger charge is 2.22. The summed E-state index contributed by atoms with van der Waals surface area (Å²) in [5, 5.41) is 3.08. The average molecular weight is 404 g/mol. The molecule has 0 bridgehead atoms. The predicted molar refractivity (Wildman–Crippen MR) is 107 cm³/mol. The first-order valence-electron chi connectivity index (χ1n) is 9.22. The van der Waals surface area contributed by atoms with E-state index in [2.05, 4.69) is 10.2 Å². The van der Waals surface area contributed by atoms with Gasteiger partial charge in [-0.1, -0.05) is 35.4 Å². The number of rotatable bonds is 5. The van der Waals surface area contributed by atoms with E-state index in [1.807, 2.05) is 19.1 Å². The monoisotopic (exact) mass is 403 g/mol. The summed E-state index contributed by atoms with van der Waals surface area (Å²) in [4.78, 5) is 28.3. The van der Waals surface area contributed by atoms with E-state index in [0.717, 1.165) is 5.56 Å². The largest absolute Gasteiger partial charge is 0.343 e. The van der Waals surface area contributed by atoms with Gasteiger partial charge in [0.25, 0.3) is 5.91 Å². The van der Waals surface area contributed by atoms with Crippen molar-refractivity contribution >= 4 is 23.4 Å². The molecule has 0 radical (unpaired) electrons. The van der Waals surface area contributed by atoms with Gasteiger partial charge in [-0.05, 0) is 31.2 Å². The lowest BCUT2D eigenvalue weighted by Gasteiger charge is -2.35. The van der Waals surface area contributed by atoms with E-state index in [-0.39, 0.29) is 24.2 Å². The van der Waals surface area contributed by atoms with Crippen LogP contribution in [0, 0.1) is 12.7 Å². The zero-order valence-corrected chi connectivity index (χ0v) is 16.5.